The van der Waals surface area contributed by atoms with Crippen molar-refractivity contribution >= 4 is 31.9 Å². The van der Waals surface area contributed by atoms with Crippen LogP contribution in [0.5, 0.6) is 0 Å². The van der Waals surface area contributed by atoms with E-state index in [9.17, 15) is 0 Å². The van der Waals surface area contributed by atoms with Gasteiger partial charge in [-0.25, -0.2) is 0 Å². The minimum Gasteiger partial charge on any atom is -0.376 e. The fourth-order valence-electron chi connectivity index (χ4n) is 1.11. The average Bonchev–Trinajstić information content (AvgIpc) is 2.18. The number of alkyl halides is 1. The van der Waals surface area contributed by atoms with Gasteiger partial charge in [0.15, 0.2) is 0 Å². The lowest BCUT2D eigenvalue weighted by molar-refractivity contribution is 0.0624. The Morgan fingerprint density at radius 2 is 2.07 bits per heavy atom. The van der Waals surface area contributed by atoms with Gasteiger partial charge in [0.1, 0.15) is 0 Å². The normalized spacial score (nSPS) is 11.7. The van der Waals surface area contributed by atoms with Crippen molar-refractivity contribution in [1.29, 1.82) is 0 Å². The first-order valence-corrected chi connectivity index (χ1v) is 6.83. The molecule has 0 spiro atoms. The van der Waals surface area contributed by atoms with Gasteiger partial charge in [-0.15, -0.1) is 0 Å². The molecule has 1 nitrogen and oxygen atoms in total. The van der Waals surface area contributed by atoms with Crippen LogP contribution in [0.1, 0.15) is 19.4 Å². The topological polar surface area (TPSA) is 9.23 Å². The van der Waals surface area contributed by atoms with E-state index in [1.807, 2.05) is 12.1 Å². The van der Waals surface area contributed by atoms with Crippen LogP contribution in [0.25, 0.3) is 0 Å². The van der Waals surface area contributed by atoms with Gasteiger partial charge in [-0.05, 0) is 23.1 Å². The Balaban J connectivity index is 2.38. The summed E-state index contributed by atoms with van der Waals surface area (Å²) in [6.07, 6.45) is 0. The fraction of sp³-hybridized carbons (Fsp3) is 0.500. The number of benzene rings is 1. The first kappa shape index (κ1) is 13.2. The Hall–Kier alpha value is 0.140. The highest BCUT2D eigenvalue weighted by atomic mass is 79.9. The summed E-state index contributed by atoms with van der Waals surface area (Å²) in [5.74, 6) is 0. The van der Waals surface area contributed by atoms with E-state index in [4.69, 9.17) is 4.74 Å². The van der Waals surface area contributed by atoms with Crippen molar-refractivity contribution in [3.8, 4) is 0 Å². The molecule has 0 bridgehead atoms. The first-order valence-electron chi connectivity index (χ1n) is 4.92. The molecule has 0 fully saturated rings. The molecular formula is C12H16Br2O. The Morgan fingerprint density at radius 1 is 1.33 bits per heavy atom. The molecule has 0 amide bonds. The Morgan fingerprint density at radius 3 is 2.67 bits per heavy atom. The molecule has 1 aromatic carbocycles. The predicted molar refractivity (Wildman–Crippen MR) is 71.4 cm³/mol. The molecule has 84 valence electrons. The van der Waals surface area contributed by atoms with Crippen molar-refractivity contribution in [1.82, 2.24) is 0 Å². The molecule has 0 unspecified atom stereocenters. The summed E-state index contributed by atoms with van der Waals surface area (Å²) >= 11 is 6.93. The van der Waals surface area contributed by atoms with Crippen LogP contribution in [-0.2, 0) is 11.3 Å². The lowest BCUT2D eigenvalue weighted by atomic mass is 9.98. The summed E-state index contributed by atoms with van der Waals surface area (Å²) < 4.78 is 6.78. The summed E-state index contributed by atoms with van der Waals surface area (Å²) in [6.45, 7) is 5.81. The van der Waals surface area contributed by atoms with Crippen molar-refractivity contribution in [3.63, 3.8) is 0 Å². The molecule has 15 heavy (non-hydrogen) atoms. The van der Waals surface area contributed by atoms with E-state index in [-0.39, 0.29) is 5.41 Å². The molecule has 0 saturated carbocycles. The molecule has 0 N–H and O–H groups in total. The van der Waals surface area contributed by atoms with E-state index in [1.165, 1.54) is 5.56 Å². The van der Waals surface area contributed by atoms with Gasteiger partial charge >= 0.3 is 0 Å². The van der Waals surface area contributed by atoms with Crippen LogP contribution in [0.3, 0.4) is 0 Å². The summed E-state index contributed by atoms with van der Waals surface area (Å²) in [6, 6.07) is 8.21. The van der Waals surface area contributed by atoms with Gasteiger partial charge in [0.2, 0.25) is 0 Å². The van der Waals surface area contributed by atoms with Gasteiger partial charge in [-0.3, -0.25) is 0 Å². The highest BCUT2D eigenvalue weighted by Crippen LogP contribution is 2.19. The summed E-state index contributed by atoms with van der Waals surface area (Å²) in [4.78, 5) is 0. The highest BCUT2D eigenvalue weighted by Gasteiger charge is 2.15. The quantitative estimate of drug-likeness (QED) is 0.725. The summed E-state index contributed by atoms with van der Waals surface area (Å²) in [5, 5.41) is 0.957. The van der Waals surface area contributed by atoms with Crippen LogP contribution in [-0.4, -0.2) is 11.9 Å². The maximum atomic E-state index is 5.68. The smallest absolute Gasteiger partial charge is 0.0717 e. The van der Waals surface area contributed by atoms with Crippen molar-refractivity contribution in [3.05, 3.63) is 34.3 Å². The molecule has 0 heterocycles. The van der Waals surface area contributed by atoms with Gasteiger partial charge in [-0.2, -0.15) is 0 Å². The minimum atomic E-state index is 0.200. The number of hydrogen-bond acceptors (Lipinski definition) is 1. The van der Waals surface area contributed by atoms with Gasteiger partial charge in [0.05, 0.1) is 13.2 Å². The second-order valence-corrected chi connectivity index (χ2v) is 5.90. The molecule has 0 aromatic heterocycles. The van der Waals surface area contributed by atoms with Gasteiger partial charge in [-0.1, -0.05) is 57.8 Å². The lowest BCUT2D eigenvalue weighted by Crippen LogP contribution is -2.20. The molecule has 0 aliphatic heterocycles. The van der Waals surface area contributed by atoms with E-state index >= 15 is 0 Å². The molecule has 1 rings (SSSR count). The predicted octanol–water partition coefficient (Wildman–Crippen LogP) is 4.39. The SMILES string of the molecule is CC(C)(CBr)COCc1cccc(Br)c1. The van der Waals surface area contributed by atoms with Crippen LogP contribution in [0.4, 0.5) is 0 Å². The summed E-state index contributed by atoms with van der Waals surface area (Å²) in [5.41, 5.74) is 1.40. The zero-order chi connectivity index (χ0) is 11.3. The van der Waals surface area contributed by atoms with E-state index in [0.29, 0.717) is 6.61 Å². The van der Waals surface area contributed by atoms with Gasteiger partial charge < -0.3 is 4.74 Å². The van der Waals surface area contributed by atoms with Crippen LogP contribution < -0.4 is 0 Å². The first-order chi connectivity index (χ1) is 7.03. The van der Waals surface area contributed by atoms with Gasteiger partial charge in [0, 0.05) is 9.80 Å². The monoisotopic (exact) mass is 334 g/mol. The number of halogens is 2. The number of rotatable bonds is 5. The molecule has 0 saturated heterocycles. The van der Waals surface area contributed by atoms with Crippen LogP contribution in [0.15, 0.2) is 28.7 Å². The van der Waals surface area contributed by atoms with Gasteiger partial charge in [0.25, 0.3) is 0 Å². The molecule has 0 atom stereocenters. The second-order valence-electron chi connectivity index (χ2n) is 4.42. The van der Waals surface area contributed by atoms with Crippen LogP contribution in [0, 0.1) is 5.41 Å². The molecule has 0 aliphatic rings. The standard InChI is InChI=1S/C12H16Br2O/c1-12(2,8-13)9-15-7-10-4-3-5-11(14)6-10/h3-6H,7-9H2,1-2H3. The molecule has 0 radical (unpaired) electrons. The second kappa shape index (κ2) is 6.02. The Bertz CT molecular complexity index is 310. The van der Waals surface area contributed by atoms with Crippen molar-refractivity contribution in [2.45, 2.75) is 20.5 Å². The third-order valence-electron chi connectivity index (χ3n) is 2.01. The Labute approximate surface area is 108 Å². The maximum Gasteiger partial charge on any atom is 0.0717 e. The van der Waals surface area contributed by atoms with Crippen LogP contribution in [0.2, 0.25) is 0 Å². The molecular weight excluding hydrogens is 320 g/mol. The zero-order valence-corrected chi connectivity index (χ0v) is 12.3. The van der Waals surface area contributed by atoms with Crippen molar-refractivity contribution in [2.75, 3.05) is 11.9 Å². The maximum absolute atomic E-state index is 5.68. The van der Waals surface area contributed by atoms with Crippen LogP contribution >= 0.6 is 31.9 Å². The van der Waals surface area contributed by atoms with E-state index in [0.717, 1.165) is 16.4 Å². The van der Waals surface area contributed by atoms with E-state index < -0.39 is 0 Å². The lowest BCUT2D eigenvalue weighted by Gasteiger charge is -2.21. The third kappa shape index (κ3) is 5.14. The molecule has 0 aliphatic carbocycles. The highest BCUT2D eigenvalue weighted by molar-refractivity contribution is 9.10. The number of ether oxygens (including phenoxy) is 1. The fourth-order valence-corrected chi connectivity index (χ4v) is 1.72. The van der Waals surface area contributed by atoms with E-state index in [1.54, 1.807) is 0 Å². The third-order valence-corrected chi connectivity index (χ3v) is 4.02. The minimum absolute atomic E-state index is 0.200. The summed E-state index contributed by atoms with van der Waals surface area (Å²) in [7, 11) is 0. The zero-order valence-electron chi connectivity index (χ0n) is 9.09. The molecule has 3 heteroatoms. The average molecular weight is 336 g/mol. The van der Waals surface area contributed by atoms with E-state index in [2.05, 4.69) is 57.8 Å². The largest absolute Gasteiger partial charge is 0.376 e. The molecule has 1 aromatic rings. The van der Waals surface area contributed by atoms with Crippen molar-refractivity contribution in [2.24, 2.45) is 5.41 Å². The number of hydrogen-bond donors (Lipinski definition) is 0. The Kier molecular flexibility index (Phi) is 5.30. The van der Waals surface area contributed by atoms with Crippen molar-refractivity contribution < 1.29 is 4.74 Å².